The molecule has 3 saturated heterocycles. The van der Waals surface area contributed by atoms with Crippen LogP contribution in [0.1, 0.15) is 63.6 Å². The maximum atomic E-state index is 8.85. The lowest BCUT2D eigenvalue weighted by Crippen LogP contribution is -2.36. The zero-order chi connectivity index (χ0) is 26.3. The molecule has 5 heterocycles. The number of aryl methyl sites for hydroxylation is 1. The molecule has 3 aromatic rings. The number of hydrogen-bond acceptors (Lipinski definition) is 9. The first-order chi connectivity index (χ1) is 18.5. The van der Waals surface area contributed by atoms with Crippen molar-refractivity contribution in [3.8, 4) is 11.9 Å². The summed E-state index contributed by atoms with van der Waals surface area (Å²) >= 11 is 0. The van der Waals surface area contributed by atoms with Gasteiger partial charge in [0, 0.05) is 13.0 Å². The second kappa shape index (κ2) is 10.5. The van der Waals surface area contributed by atoms with Crippen LogP contribution in [-0.4, -0.2) is 55.6 Å². The average Bonchev–Trinajstić information content (AvgIpc) is 3.70. The first-order valence-corrected chi connectivity index (χ1v) is 14.5. The summed E-state index contributed by atoms with van der Waals surface area (Å²) in [5, 5.41) is 8.85. The summed E-state index contributed by atoms with van der Waals surface area (Å²) in [6.07, 6.45) is 5.31. The van der Waals surface area contributed by atoms with Gasteiger partial charge in [-0.25, -0.2) is 14.6 Å². The van der Waals surface area contributed by atoms with Gasteiger partial charge in [-0.3, -0.25) is 4.57 Å². The van der Waals surface area contributed by atoms with Gasteiger partial charge < -0.3 is 18.5 Å². The topological polar surface area (TPSA) is 108 Å². The lowest BCUT2D eigenvalue weighted by atomic mass is 9.87. The lowest BCUT2D eigenvalue weighted by Gasteiger charge is -2.29. The van der Waals surface area contributed by atoms with Gasteiger partial charge in [-0.05, 0) is 38.7 Å². The molecule has 0 spiro atoms. The Morgan fingerprint density at radius 2 is 2.11 bits per heavy atom. The van der Waals surface area contributed by atoms with Crippen molar-refractivity contribution in [2.45, 2.75) is 83.0 Å². The summed E-state index contributed by atoms with van der Waals surface area (Å²) < 4.78 is 30.2. The normalized spacial score (nSPS) is 31.1. The Morgan fingerprint density at radius 3 is 2.89 bits per heavy atom. The van der Waals surface area contributed by atoms with Crippen molar-refractivity contribution in [1.29, 1.82) is 5.26 Å². The van der Waals surface area contributed by atoms with Crippen molar-refractivity contribution in [1.82, 2.24) is 24.2 Å². The van der Waals surface area contributed by atoms with Crippen LogP contribution in [0.2, 0.25) is 0 Å². The standard InChI is InChI=1S/C27H33N6O4P/c1-4-20-21(36-38-33-14-8-12-22(33)27(3,37-38)19-10-6-5-7-11-19)16-23(35-20)32-17-29-24-25(32)30-18(2)31-26(24)34-15-9-13-28/h5-7,10-11,17,20-23H,4,8-9,12,14-16H2,1-3H3/t20-,21-,22-,23-,27+,38-/m1/s1. The molecule has 6 rings (SSSR count). The predicted molar refractivity (Wildman–Crippen MR) is 141 cm³/mol. The van der Waals surface area contributed by atoms with E-state index in [1.54, 1.807) is 6.33 Å². The molecule has 0 saturated carbocycles. The predicted octanol–water partition coefficient (Wildman–Crippen LogP) is 5.15. The number of imidazole rings is 1. The fraction of sp³-hybridized carbons (Fsp3) is 0.556. The molecule has 3 aliphatic heterocycles. The van der Waals surface area contributed by atoms with Crippen LogP contribution >= 0.6 is 8.53 Å². The van der Waals surface area contributed by atoms with E-state index in [2.05, 4.69) is 63.8 Å². The van der Waals surface area contributed by atoms with Crippen LogP contribution in [0.5, 0.6) is 5.88 Å². The van der Waals surface area contributed by atoms with Gasteiger partial charge in [0.05, 0.1) is 37.1 Å². The minimum absolute atomic E-state index is 0.0672. The number of nitrogens with zero attached hydrogens (tertiary/aromatic N) is 6. The molecule has 11 heteroatoms. The second-order valence-corrected chi connectivity index (χ2v) is 11.6. The highest BCUT2D eigenvalue weighted by atomic mass is 31.2. The minimum Gasteiger partial charge on any atom is -0.475 e. The van der Waals surface area contributed by atoms with E-state index in [4.69, 9.17) is 23.8 Å². The Balaban J connectivity index is 1.22. The number of aromatic nitrogens is 4. The smallest absolute Gasteiger partial charge is 0.260 e. The van der Waals surface area contributed by atoms with E-state index >= 15 is 0 Å². The van der Waals surface area contributed by atoms with Gasteiger partial charge in [-0.15, -0.1) is 0 Å². The monoisotopic (exact) mass is 536 g/mol. The van der Waals surface area contributed by atoms with Crippen molar-refractivity contribution >= 4 is 19.7 Å². The van der Waals surface area contributed by atoms with E-state index in [0.29, 0.717) is 35.3 Å². The van der Waals surface area contributed by atoms with E-state index in [9.17, 15) is 0 Å². The molecule has 0 unspecified atom stereocenters. The van der Waals surface area contributed by atoms with Crippen LogP contribution < -0.4 is 4.74 Å². The molecule has 200 valence electrons. The fourth-order valence-electron chi connectivity index (χ4n) is 5.84. The highest BCUT2D eigenvalue weighted by Gasteiger charge is 2.56. The Morgan fingerprint density at radius 1 is 1.26 bits per heavy atom. The number of fused-ring (bicyclic) bond motifs is 2. The number of ether oxygens (including phenoxy) is 2. The molecule has 0 amide bonds. The fourth-order valence-corrected chi connectivity index (χ4v) is 7.98. The van der Waals surface area contributed by atoms with Crippen molar-refractivity contribution in [2.24, 2.45) is 0 Å². The quantitative estimate of drug-likeness (QED) is 0.285. The molecular formula is C27H33N6O4P. The van der Waals surface area contributed by atoms with Crippen molar-refractivity contribution < 1.29 is 18.5 Å². The van der Waals surface area contributed by atoms with Crippen LogP contribution in [0, 0.1) is 18.3 Å². The van der Waals surface area contributed by atoms with Gasteiger partial charge in [-0.1, -0.05) is 37.3 Å². The number of benzene rings is 1. The van der Waals surface area contributed by atoms with E-state index in [1.165, 1.54) is 5.56 Å². The molecule has 1 aromatic carbocycles. The van der Waals surface area contributed by atoms with Gasteiger partial charge in [-0.2, -0.15) is 10.2 Å². The SMILES string of the molecule is CC[C@H]1O[C@@H](n2cnc3c(OCCC#N)nc(C)nc32)C[C@H]1O[P@]1O[C@@](C)(c2ccccc2)[C@H]2CCCN21. The van der Waals surface area contributed by atoms with Gasteiger partial charge in [0.1, 0.15) is 24.3 Å². The van der Waals surface area contributed by atoms with Crippen LogP contribution in [-0.2, 0) is 19.4 Å². The molecule has 0 bridgehead atoms. The molecule has 2 aromatic heterocycles. The van der Waals surface area contributed by atoms with Crippen LogP contribution in [0.15, 0.2) is 36.7 Å². The van der Waals surface area contributed by atoms with Gasteiger partial charge in [0.2, 0.25) is 5.88 Å². The number of nitriles is 1. The maximum Gasteiger partial charge on any atom is 0.260 e. The highest BCUT2D eigenvalue weighted by Crippen LogP contribution is 2.64. The summed E-state index contributed by atoms with van der Waals surface area (Å²) in [5.74, 6) is 0.967. The third kappa shape index (κ3) is 4.47. The van der Waals surface area contributed by atoms with E-state index in [-0.39, 0.29) is 37.1 Å². The molecule has 6 atom stereocenters. The third-order valence-corrected chi connectivity index (χ3v) is 9.64. The van der Waals surface area contributed by atoms with Gasteiger partial charge >= 0.3 is 0 Å². The molecular weight excluding hydrogens is 503 g/mol. The largest absolute Gasteiger partial charge is 0.475 e. The summed E-state index contributed by atoms with van der Waals surface area (Å²) in [6.45, 7) is 7.40. The Bertz CT molecular complexity index is 1330. The zero-order valence-electron chi connectivity index (χ0n) is 22.0. The molecule has 3 aliphatic rings. The van der Waals surface area contributed by atoms with Crippen LogP contribution in [0.25, 0.3) is 11.2 Å². The molecule has 38 heavy (non-hydrogen) atoms. The molecule has 3 fully saturated rings. The van der Waals surface area contributed by atoms with Crippen LogP contribution in [0.3, 0.4) is 0 Å². The first-order valence-electron chi connectivity index (χ1n) is 13.4. The van der Waals surface area contributed by atoms with E-state index in [1.807, 2.05) is 17.6 Å². The van der Waals surface area contributed by atoms with Crippen molar-refractivity contribution in [3.63, 3.8) is 0 Å². The lowest BCUT2D eigenvalue weighted by molar-refractivity contribution is -0.0163. The minimum atomic E-state index is -1.21. The second-order valence-electron chi connectivity index (χ2n) is 10.2. The van der Waals surface area contributed by atoms with Gasteiger partial charge in [0.25, 0.3) is 8.53 Å². The molecule has 0 N–H and O–H groups in total. The molecule has 0 radical (unpaired) electrons. The first kappa shape index (κ1) is 25.6. The van der Waals surface area contributed by atoms with Crippen molar-refractivity contribution in [3.05, 3.63) is 48.0 Å². The molecule has 10 nitrogen and oxygen atoms in total. The Kier molecular flexibility index (Phi) is 7.06. The average molecular weight is 537 g/mol. The summed E-state index contributed by atoms with van der Waals surface area (Å²) in [5.41, 5.74) is 2.03. The van der Waals surface area contributed by atoms with E-state index < -0.39 is 8.53 Å². The Labute approximate surface area is 223 Å². The van der Waals surface area contributed by atoms with Crippen LogP contribution in [0.4, 0.5) is 0 Å². The van der Waals surface area contributed by atoms with Gasteiger partial charge in [0.15, 0.2) is 11.2 Å². The Hall–Kier alpha value is -2.67. The maximum absolute atomic E-state index is 8.85. The molecule has 0 aliphatic carbocycles. The zero-order valence-corrected chi connectivity index (χ0v) is 22.9. The highest BCUT2D eigenvalue weighted by molar-refractivity contribution is 7.45. The van der Waals surface area contributed by atoms with Crippen molar-refractivity contribution in [2.75, 3.05) is 13.2 Å². The summed E-state index contributed by atoms with van der Waals surface area (Å²) in [6, 6.07) is 12.9. The number of hydrogen-bond donors (Lipinski definition) is 0. The summed E-state index contributed by atoms with van der Waals surface area (Å²) in [7, 11) is -1.21. The summed E-state index contributed by atoms with van der Waals surface area (Å²) in [4.78, 5) is 13.6. The third-order valence-electron chi connectivity index (χ3n) is 7.76. The number of rotatable bonds is 8. The van der Waals surface area contributed by atoms with E-state index in [0.717, 1.165) is 25.8 Å².